The predicted molar refractivity (Wildman–Crippen MR) is 89.7 cm³/mol. The Morgan fingerprint density at radius 3 is 2.64 bits per heavy atom. The van der Waals surface area contributed by atoms with Crippen molar-refractivity contribution in [3.05, 3.63) is 51.3 Å². The molecule has 0 amide bonds. The summed E-state index contributed by atoms with van der Waals surface area (Å²) in [5.74, 6) is -1.82. The van der Waals surface area contributed by atoms with Crippen molar-refractivity contribution in [1.82, 2.24) is 4.57 Å². The van der Waals surface area contributed by atoms with Crippen LogP contribution in [0, 0.1) is 9.39 Å². The molecule has 0 atom stereocenters. The summed E-state index contributed by atoms with van der Waals surface area (Å²) >= 11 is 2.11. The molecule has 1 heterocycles. The molecule has 0 aliphatic heterocycles. The first-order valence-corrected chi connectivity index (χ1v) is 7.48. The summed E-state index contributed by atoms with van der Waals surface area (Å²) in [5.41, 5.74) is 2.00. The van der Waals surface area contributed by atoms with Gasteiger partial charge in [-0.15, -0.1) is 0 Å². The van der Waals surface area contributed by atoms with E-state index in [4.69, 9.17) is 5.11 Å². The highest BCUT2D eigenvalue weighted by molar-refractivity contribution is 14.1. The van der Waals surface area contributed by atoms with Gasteiger partial charge < -0.3 is 14.8 Å². The third-order valence-corrected chi connectivity index (χ3v) is 4.68. The second-order valence-electron chi connectivity index (χ2n) is 4.92. The van der Waals surface area contributed by atoms with E-state index in [1.165, 1.54) is 24.3 Å². The van der Waals surface area contributed by atoms with Crippen molar-refractivity contribution >= 4 is 39.5 Å². The Balaban J connectivity index is 2.36. The quantitative estimate of drug-likeness (QED) is 0.627. The van der Waals surface area contributed by atoms with E-state index in [2.05, 4.69) is 22.6 Å². The van der Waals surface area contributed by atoms with E-state index in [1.54, 1.807) is 19.2 Å². The summed E-state index contributed by atoms with van der Waals surface area (Å²) in [4.78, 5) is 11.2. The summed E-state index contributed by atoms with van der Waals surface area (Å²) in [6, 6.07) is 9.07. The number of carboxylic acid groups (broad SMARTS) is 1. The standard InChI is InChI=1S/C16H11FINO3/c1-19-12-7-13(20)11(16(21)22)6-10(12)14(18)15(19)8-3-2-4-9(17)5-8/h2-7,20H,1H3,(H,21,22). The van der Waals surface area contributed by atoms with Crippen LogP contribution in [-0.4, -0.2) is 20.7 Å². The molecule has 0 unspecified atom stereocenters. The summed E-state index contributed by atoms with van der Waals surface area (Å²) in [6.07, 6.45) is 0. The van der Waals surface area contributed by atoms with Crippen LogP contribution >= 0.6 is 22.6 Å². The number of aromatic nitrogens is 1. The van der Waals surface area contributed by atoms with Crippen LogP contribution in [0.2, 0.25) is 0 Å². The van der Waals surface area contributed by atoms with Crippen LogP contribution in [-0.2, 0) is 7.05 Å². The minimum atomic E-state index is -1.19. The molecule has 0 saturated heterocycles. The molecular formula is C16H11FINO3. The Hall–Kier alpha value is -2.09. The smallest absolute Gasteiger partial charge is 0.339 e. The van der Waals surface area contributed by atoms with Crippen LogP contribution in [0.15, 0.2) is 36.4 Å². The molecule has 0 fully saturated rings. The van der Waals surface area contributed by atoms with Gasteiger partial charge in [-0.05, 0) is 40.8 Å². The number of aromatic hydroxyl groups is 1. The monoisotopic (exact) mass is 411 g/mol. The van der Waals surface area contributed by atoms with Crippen molar-refractivity contribution in [3.63, 3.8) is 0 Å². The fraction of sp³-hybridized carbons (Fsp3) is 0.0625. The molecule has 0 radical (unpaired) electrons. The Labute approximate surface area is 138 Å². The largest absolute Gasteiger partial charge is 0.507 e. The van der Waals surface area contributed by atoms with Crippen LogP contribution < -0.4 is 0 Å². The fourth-order valence-corrected chi connectivity index (χ4v) is 3.66. The maximum Gasteiger partial charge on any atom is 0.339 e. The van der Waals surface area contributed by atoms with Crippen molar-refractivity contribution < 1.29 is 19.4 Å². The first-order valence-electron chi connectivity index (χ1n) is 6.40. The summed E-state index contributed by atoms with van der Waals surface area (Å²) in [7, 11) is 1.80. The first-order chi connectivity index (χ1) is 10.4. The molecule has 1 aromatic heterocycles. The van der Waals surface area contributed by atoms with Gasteiger partial charge in [0, 0.05) is 27.6 Å². The number of nitrogens with zero attached hydrogens (tertiary/aromatic N) is 1. The van der Waals surface area contributed by atoms with Crippen LogP contribution in [0.4, 0.5) is 4.39 Å². The number of phenols is 1. The van der Waals surface area contributed by atoms with Crippen molar-refractivity contribution in [2.24, 2.45) is 7.05 Å². The predicted octanol–water partition coefficient (Wildman–Crippen LogP) is 3.99. The summed E-state index contributed by atoms with van der Waals surface area (Å²) < 4.78 is 16.1. The first kappa shape index (κ1) is 14.8. The van der Waals surface area contributed by atoms with Gasteiger partial charge >= 0.3 is 5.97 Å². The van der Waals surface area contributed by atoms with Gasteiger partial charge in [0.1, 0.15) is 17.1 Å². The van der Waals surface area contributed by atoms with E-state index < -0.39 is 5.97 Å². The van der Waals surface area contributed by atoms with Crippen molar-refractivity contribution in [1.29, 1.82) is 0 Å². The molecule has 4 nitrogen and oxygen atoms in total. The molecule has 2 N–H and O–H groups in total. The minimum Gasteiger partial charge on any atom is -0.507 e. The van der Waals surface area contributed by atoms with Gasteiger partial charge in [0.15, 0.2) is 0 Å². The van der Waals surface area contributed by atoms with Gasteiger partial charge in [0.2, 0.25) is 0 Å². The van der Waals surface area contributed by atoms with Crippen LogP contribution in [0.1, 0.15) is 10.4 Å². The lowest BCUT2D eigenvalue weighted by atomic mass is 10.1. The molecule has 2 aromatic carbocycles. The summed E-state index contributed by atoms with van der Waals surface area (Å²) in [6.45, 7) is 0. The number of halogens is 2. The fourth-order valence-electron chi connectivity index (χ4n) is 2.55. The average molecular weight is 411 g/mol. The van der Waals surface area contributed by atoms with Crippen molar-refractivity contribution in [2.75, 3.05) is 0 Å². The van der Waals surface area contributed by atoms with E-state index >= 15 is 0 Å². The number of fused-ring (bicyclic) bond motifs is 1. The highest BCUT2D eigenvalue weighted by atomic mass is 127. The number of rotatable bonds is 2. The van der Waals surface area contributed by atoms with Gasteiger partial charge in [-0.1, -0.05) is 12.1 Å². The molecule has 0 bridgehead atoms. The lowest BCUT2D eigenvalue weighted by molar-refractivity contribution is 0.0694. The number of aromatic carboxylic acids is 1. The maximum atomic E-state index is 13.5. The van der Waals surface area contributed by atoms with Gasteiger partial charge in [0.05, 0.1) is 11.2 Å². The molecule has 0 aliphatic carbocycles. The number of benzene rings is 2. The molecule has 112 valence electrons. The molecule has 0 saturated carbocycles. The van der Waals surface area contributed by atoms with Crippen LogP contribution in [0.3, 0.4) is 0 Å². The van der Waals surface area contributed by atoms with Crippen molar-refractivity contribution in [3.8, 4) is 17.0 Å². The van der Waals surface area contributed by atoms with Crippen molar-refractivity contribution in [2.45, 2.75) is 0 Å². The van der Waals surface area contributed by atoms with E-state index in [-0.39, 0.29) is 17.1 Å². The average Bonchev–Trinajstić information content (AvgIpc) is 2.69. The van der Waals surface area contributed by atoms with Gasteiger partial charge in [-0.25, -0.2) is 9.18 Å². The third kappa shape index (κ3) is 2.23. The Morgan fingerprint density at radius 2 is 2.00 bits per heavy atom. The van der Waals surface area contributed by atoms with Gasteiger partial charge in [-0.3, -0.25) is 0 Å². The number of carbonyl (C=O) groups is 1. The molecular weight excluding hydrogens is 400 g/mol. The zero-order valence-corrected chi connectivity index (χ0v) is 13.6. The zero-order valence-electron chi connectivity index (χ0n) is 11.5. The van der Waals surface area contributed by atoms with E-state index in [0.717, 1.165) is 9.26 Å². The zero-order chi connectivity index (χ0) is 16.0. The molecule has 3 aromatic rings. The lowest BCUT2D eigenvalue weighted by Crippen LogP contribution is -1.97. The van der Waals surface area contributed by atoms with Crippen LogP contribution in [0.5, 0.6) is 5.75 Å². The van der Waals surface area contributed by atoms with Gasteiger partial charge in [-0.2, -0.15) is 0 Å². The summed E-state index contributed by atoms with van der Waals surface area (Å²) in [5, 5.41) is 19.7. The van der Waals surface area contributed by atoms with E-state index in [0.29, 0.717) is 16.5 Å². The third-order valence-electron chi connectivity index (χ3n) is 3.58. The Bertz CT molecular complexity index is 917. The lowest BCUT2D eigenvalue weighted by Gasteiger charge is -2.06. The number of hydrogen-bond donors (Lipinski definition) is 2. The number of aryl methyl sites for hydroxylation is 1. The Morgan fingerprint density at radius 1 is 1.27 bits per heavy atom. The topological polar surface area (TPSA) is 62.5 Å². The normalized spacial score (nSPS) is 11.0. The molecule has 0 aliphatic rings. The molecule has 22 heavy (non-hydrogen) atoms. The highest BCUT2D eigenvalue weighted by Gasteiger charge is 2.19. The second kappa shape index (κ2) is 5.28. The van der Waals surface area contributed by atoms with Crippen LogP contribution in [0.25, 0.3) is 22.2 Å². The second-order valence-corrected chi connectivity index (χ2v) is 6.00. The van der Waals surface area contributed by atoms with E-state index in [9.17, 15) is 14.3 Å². The van der Waals surface area contributed by atoms with E-state index in [1.807, 2.05) is 4.57 Å². The number of hydrogen-bond acceptors (Lipinski definition) is 2. The Kier molecular flexibility index (Phi) is 3.56. The maximum absolute atomic E-state index is 13.5. The van der Waals surface area contributed by atoms with Gasteiger partial charge in [0.25, 0.3) is 0 Å². The molecule has 3 rings (SSSR count). The highest BCUT2D eigenvalue weighted by Crippen LogP contribution is 2.37. The SMILES string of the molecule is Cn1c(-c2cccc(F)c2)c(I)c2cc(C(=O)O)c(O)cc21. The molecule has 0 spiro atoms. The molecule has 6 heteroatoms. The minimum absolute atomic E-state index is 0.151. The number of carboxylic acids is 1.